The molecule has 0 saturated heterocycles. The molecule has 356 valence electrons. The smallest absolute Gasteiger partial charge is 0.414 e. The van der Waals surface area contributed by atoms with E-state index in [0.29, 0.717) is 64.2 Å². The van der Waals surface area contributed by atoms with Gasteiger partial charge in [-0.3, -0.25) is 14.5 Å². The van der Waals surface area contributed by atoms with Crippen LogP contribution in [-0.2, 0) is 24.0 Å². The normalized spacial score (nSPS) is 15.4. The number of carboxylic acid groups (broad SMARTS) is 2. The maximum atomic E-state index is 15.3. The Bertz CT molecular complexity index is 3110. The number of rotatable bonds is 8. The summed E-state index contributed by atoms with van der Waals surface area (Å²) in [7, 11) is 0. The van der Waals surface area contributed by atoms with Crippen molar-refractivity contribution < 1.29 is 47.7 Å². The number of anilines is 1. The van der Waals surface area contributed by atoms with E-state index in [1.807, 2.05) is 18.2 Å². The molecule has 2 saturated carbocycles. The molecule has 0 bridgehead atoms. The van der Waals surface area contributed by atoms with E-state index in [-0.39, 0.29) is 52.0 Å². The van der Waals surface area contributed by atoms with E-state index in [1.165, 1.54) is 38.5 Å². The fraction of sp³-hybridized carbons (Fsp3) is 0.327. The van der Waals surface area contributed by atoms with Crippen molar-refractivity contribution in [3.05, 3.63) is 145 Å². The Morgan fingerprint density at radius 1 is 0.652 bits per heavy atom. The summed E-state index contributed by atoms with van der Waals surface area (Å²) >= 11 is 13.0. The second-order valence-electron chi connectivity index (χ2n) is 18.8. The topological polar surface area (TPSA) is 174 Å². The maximum absolute atomic E-state index is 15.3. The number of hydrogen-bond donors (Lipinski definition) is 2. The molecule has 4 aliphatic rings. The van der Waals surface area contributed by atoms with Crippen LogP contribution in [0.5, 0.6) is 0 Å². The van der Waals surface area contributed by atoms with Crippen molar-refractivity contribution in [2.45, 2.75) is 102 Å². The van der Waals surface area contributed by atoms with Gasteiger partial charge in [0.25, 0.3) is 11.8 Å². The Labute approximate surface area is 405 Å². The molecule has 2 fully saturated rings. The van der Waals surface area contributed by atoms with E-state index in [0.717, 1.165) is 73.0 Å². The van der Waals surface area contributed by atoms with Crippen molar-refractivity contribution in [2.75, 3.05) is 11.4 Å². The number of halogens is 4. The first kappa shape index (κ1) is 47.4. The van der Waals surface area contributed by atoms with Gasteiger partial charge in [0, 0.05) is 23.2 Å². The minimum atomic E-state index is -1.28. The molecule has 4 aromatic carbocycles. The van der Waals surface area contributed by atoms with E-state index in [9.17, 15) is 33.5 Å². The number of aromatic carboxylic acids is 2. The molecule has 1 amide bonds. The first-order valence-electron chi connectivity index (χ1n) is 22.9. The van der Waals surface area contributed by atoms with Gasteiger partial charge in [0.05, 0.1) is 55.1 Å². The van der Waals surface area contributed by atoms with Crippen molar-refractivity contribution in [1.29, 1.82) is 0 Å². The number of benzene rings is 4. The monoisotopic (exact) mass is 977 g/mol. The molecule has 0 atom stereocenters. The van der Waals surface area contributed by atoms with Gasteiger partial charge in [-0.25, -0.2) is 23.2 Å². The maximum Gasteiger partial charge on any atom is 0.414 e. The summed E-state index contributed by atoms with van der Waals surface area (Å²) in [5, 5.41) is 28.2. The van der Waals surface area contributed by atoms with Gasteiger partial charge in [-0.2, -0.15) is 19.6 Å². The number of aromatic nitrogens is 4. The molecule has 1 aliphatic heterocycles. The molecule has 10 rings (SSSR count). The fourth-order valence-electron chi connectivity index (χ4n) is 9.20. The Balaban J connectivity index is 0.000000175. The van der Waals surface area contributed by atoms with Crippen LogP contribution in [0.2, 0.25) is 10.0 Å². The zero-order chi connectivity index (χ0) is 49.1. The molecule has 17 heteroatoms. The second kappa shape index (κ2) is 18.7. The van der Waals surface area contributed by atoms with Crippen LogP contribution in [0.4, 0.5) is 19.3 Å². The highest BCUT2D eigenvalue weighted by Gasteiger charge is 2.38. The zero-order valence-electron chi connectivity index (χ0n) is 38.0. The van der Waals surface area contributed by atoms with Gasteiger partial charge in [0.1, 0.15) is 22.9 Å². The van der Waals surface area contributed by atoms with Crippen molar-refractivity contribution in [2.24, 2.45) is 0 Å². The van der Waals surface area contributed by atoms with Crippen LogP contribution in [0.15, 0.2) is 72.8 Å². The molecular weight excluding hydrogens is 932 g/mol. The molecule has 13 nitrogen and oxygen atoms in total. The highest BCUT2D eigenvalue weighted by atomic mass is 35.5. The van der Waals surface area contributed by atoms with E-state index in [4.69, 9.17) is 33.0 Å². The third-order valence-corrected chi connectivity index (χ3v) is 13.3. The third-order valence-electron chi connectivity index (χ3n) is 12.7. The van der Waals surface area contributed by atoms with Crippen LogP contribution >= 0.6 is 23.2 Å². The van der Waals surface area contributed by atoms with E-state index < -0.39 is 41.2 Å². The SMILES string of the molecule is CC(C)(C)OC(=O)N1CCCc2c1c(-c1ccc(C(=O)O)cc1F)nn2C(=O)c1c(Cl)cccc1C1CC1.O=C(O)c1ccc(-c2nn(C(=O)c3c(Cl)cccc3C3CC3)c3c2CCCC3)c(F)c1. The van der Waals surface area contributed by atoms with Crippen molar-refractivity contribution in [3.8, 4) is 22.5 Å². The summed E-state index contributed by atoms with van der Waals surface area (Å²) < 4.78 is 38.3. The highest BCUT2D eigenvalue weighted by Crippen LogP contribution is 2.46. The standard InChI is InChI=1S/C28H27ClFN3O5.C24H20ClFN2O3/c1-28(2,3)38-27(37)32-13-5-8-21-24(32)23(18-12-11-16(26(35)36)14-20(18)30)31-33(21)25(34)22-17(15-9-10-15)6-4-7-19(22)29;25-18-6-3-5-15(13-8-9-13)21(18)23(29)28-20-7-2-1-4-17(20)22(27-28)16-11-10-14(24(30)31)12-19(16)26/h4,6-7,11-12,14-15H,5,8-10,13H2,1-3H3,(H,35,36);3,5-6,10-13H,1-2,4,7-9H2,(H,30,31). The molecule has 2 N–H and O–H groups in total. The molecule has 69 heavy (non-hydrogen) atoms. The summed E-state index contributed by atoms with van der Waals surface area (Å²) in [5.74, 6) is -4.16. The summed E-state index contributed by atoms with van der Waals surface area (Å²) in [5.41, 5.74) is 4.40. The Hall–Kier alpha value is -6.71. The second-order valence-corrected chi connectivity index (χ2v) is 19.6. The average molecular weight is 979 g/mol. The van der Waals surface area contributed by atoms with Gasteiger partial charge in [0.15, 0.2) is 0 Å². The van der Waals surface area contributed by atoms with Crippen molar-refractivity contribution in [3.63, 3.8) is 0 Å². The van der Waals surface area contributed by atoms with E-state index in [2.05, 4.69) is 10.2 Å². The molecule has 0 radical (unpaired) electrons. The minimum Gasteiger partial charge on any atom is -0.478 e. The molecule has 0 unspecified atom stereocenters. The molecule has 3 heterocycles. The minimum absolute atomic E-state index is 0.0326. The molecule has 3 aliphatic carbocycles. The quantitative estimate of drug-likeness (QED) is 0.149. The van der Waals surface area contributed by atoms with Gasteiger partial charge in [-0.15, -0.1) is 0 Å². The molecular formula is C52H47Cl2F2N5O8. The predicted molar refractivity (Wildman–Crippen MR) is 254 cm³/mol. The van der Waals surface area contributed by atoms with Gasteiger partial charge >= 0.3 is 18.0 Å². The Kier molecular flexibility index (Phi) is 12.8. The lowest BCUT2D eigenvalue weighted by Gasteiger charge is -2.30. The number of carbonyl (C=O) groups excluding carboxylic acids is 3. The number of carboxylic acids is 2. The molecule has 2 aromatic heterocycles. The third kappa shape index (κ3) is 9.41. The number of fused-ring (bicyclic) bond motifs is 2. The number of ether oxygens (including phenoxy) is 1. The van der Waals surface area contributed by atoms with Crippen LogP contribution in [-0.4, -0.2) is 71.8 Å². The summed E-state index contributed by atoms with van der Waals surface area (Å²) in [4.78, 5) is 64.7. The van der Waals surface area contributed by atoms with Crippen LogP contribution < -0.4 is 4.90 Å². The predicted octanol–water partition coefficient (Wildman–Crippen LogP) is 11.8. The van der Waals surface area contributed by atoms with E-state index >= 15 is 4.39 Å². The lowest BCUT2D eigenvalue weighted by Crippen LogP contribution is -2.40. The number of carbonyl (C=O) groups is 5. The molecule has 0 spiro atoms. The van der Waals surface area contributed by atoms with Gasteiger partial charge in [-0.05, 0) is 156 Å². The number of nitrogens with zero attached hydrogens (tertiary/aromatic N) is 5. The number of hydrogen-bond acceptors (Lipinski definition) is 8. The Morgan fingerprint density at radius 2 is 1.13 bits per heavy atom. The van der Waals surface area contributed by atoms with Crippen LogP contribution in [0.3, 0.4) is 0 Å². The van der Waals surface area contributed by atoms with E-state index in [1.54, 1.807) is 39.0 Å². The average Bonchev–Trinajstić information content (AvgIpc) is 4.26. The van der Waals surface area contributed by atoms with Crippen LogP contribution in [0.1, 0.15) is 147 Å². The number of amides is 1. The molecule has 6 aromatic rings. The summed E-state index contributed by atoms with van der Waals surface area (Å²) in [6.45, 7) is 5.50. The first-order valence-corrected chi connectivity index (χ1v) is 23.6. The summed E-state index contributed by atoms with van der Waals surface area (Å²) in [6.07, 6.45) is 7.47. The largest absolute Gasteiger partial charge is 0.478 e. The fourth-order valence-corrected chi connectivity index (χ4v) is 9.72. The zero-order valence-corrected chi connectivity index (χ0v) is 39.5. The highest BCUT2D eigenvalue weighted by molar-refractivity contribution is 6.34. The first-order chi connectivity index (χ1) is 32.9. The van der Waals surface area contributed by atoms with Crippen molar-refractivity contribution in [1.82, 2.24) is 19.6 Å². The van der Waals surface area contributed by atoms with Crippen LogP contribution in [0.25, 0.3) is 22.5 Å². The van der Waals surface area contributed by atoms with Crippen LogP contribution in [0, 0.1) is 11.6 Å². The Morgan fingerprint density at radius 3 is 1.62 bits per heavy atom. The van der Waals surface area contributed by atoms with Gasteiger partial charge in [0.2, 0.25) is 0 Å². The lowest BCUT2D eigenvalue weighted by atomic mass is 9.93. The van der Waals surface area contributed by atoms with Gasteiger partial charge in [-0.1, -0.05) is 47.5 Å². The van der Waals surface area contributed by atoms with Crippen molar-refractivity contribution >= 4 is 58.7 Å². The van der Waals surface area contributed by atoms with Gasteiger partial charge < -0.3 is 14.9 Å². The lowest BCUT2D eigenvalue weighted by molar-refractivity contribution is 0.0575. The summed E-state index contributed by atoms with van der Waals surface area (Å²) in [6, 6.07) is 18.1.